The van der Waals surface area contributed by atoms with Crippen LogP contribution in [0.5, 0.6) is 0 Å². The maximum absolute atomic E-state index is 14.3. The maximum Gasteiger partial charge on any atom is 0.472 e. The van der Waals surface area contributed by atoms with Crippen molar-refractivity contribution in [3.8, 4) is 0 Å². The lowest BCUT2D eigenvalue weighted by atomic mass is 9.84. The molecule has 3 rings (SSSR count). The first-order chi connectivity index (χ1) is 46.8. The van der Waals surface area contributed by atoms with E-state index in [1.807, 2.05) is 0 Å². The van der Waals surface area contributed by atoms with E-state index in [4.69, 9.17) is 42.2 Å². The van der Waals surface area contributed by atoms with Crippen LogP contribution in [0.2, 0.25) is 0 Å². The van der Waals surface area contributed by atoms with E-state index in [2.05, 4.69) is 32.9 Å². The van der Waals surface area contributed by atoms with E-state index in [1.165, 1.54) is 141 Å². The van der Waals surface area contributed by atoms with Gasteiger partial charge in [-0.1, -0.05) is 245 Å². The van der Waals surface area contributed by atoms with E-state index in [9.17, 15) is 74.9 Å². The lowest BCUT2D eigenvalue weighted by molar-refractivity contribution is -0.360. The van der Waals surface area contributed by atoms with Gasteiger partial charge in [0, 0.05) is 19.3 Å². The molecule has 570 valence electrons. The third-order valence-corrected chi connectivity index (χ3v) is 19.8. The van der Waals surface area contributed by atoms with Gasteiger partial charge < -0.3 is 89.1 Å². The smallest absolute Gasteiger partial charge is 0.463 e. The predicted octanol–water partition coefficient (Wildman–Crippen LogP) is 10.4. The Kier molecular flexibility index (Phi) is 49.8. The highest BCUT2D eigenvalue weighted by Gasteiger charge is 2.58. The summed E-state index contributed by atoms with van der Waals surface area (Å²) in [6.45, 7) is 3.44. The number of unbranched alkanes of at least 4 members (excludes halogenated alkanes) is 36. The molecule has 0 spiro atoms. The molecule has 3 aliphatic rings. The minimum Gasteiger partial charge on any atom is -0.463 e. The van der Waals surface area contributed by atoms with E-state index in [-0.39, 0.29) is 19.3 Å². The second-order valence-electron chi connectivity index (χ2n) is 27.4. The van der Waals surface area contributed by atoms with Crippen LogP contribution in [0.4, 0.5) is 0 Å². The highest BCUT2D eigenvalue weighted by molar-refractivity contribution is 7.47. The zero-order valence-electron chi connectivity index (χ0n) is 59.4. The zero-order chi connectivity index (χ0) is 71.1. The standard InChI is InChI=1S/C72H133O24P/c1-4-7-10-13-16-19-22-24-26-27-28-30-33-36-39-42-45-48-58(76)91-53(50-88-56(74)46-43-40-37-34-31-21-18-15-12-9-6-3)51-90-97(86,87)96-70-68(94-71-66(84)61(79)59(77)54(49-73)92-71)64(82)63(81)65(83)69(70)95-72-67(85)62(80)60(78)55(93-72)52-89-57(75)47-44-41-38-35-32-29-25-23-20-17-14-11-8-5-2/h29,32,53-55,59-73,77-85H,4-28,30-31,33-52H2,1-3H3,(H,86,87)/b32-29-. The number of esters is 3. The normalized spacial score (nSPS) is 27.8. The molecule has 1 aliphatic carbocycles. The van der Waals surface area contributed by atoms with E-state index >= 15 is 0 Å². The van der Waals surface area contributed by atoms with Crippen LogP contribution in [0.25, 0.3) is 0 Å². The van der Waals surface area contributed by atoms with Crippen molar-refractivity contribution in [3.05, 3.63) is 12.2 Å². The Labute approximate surface area is 580 Å². The van der Waals surface area contributed by atoms with Crippen molar-refractivity contribution in [3.63, 3.8) is 0 Å². The molecule has 11 N–H and O–H groups in total. The van der Waals surface area contributed by atoms with Crippen molar-refractivity contribution < 1.29 is 117 Å². The van der Waals surface area contributed by atoms with Crippen LogP contribution in [-0.2, 0) is 61.2 Å². The van der Waals surface area contributed by atoms with Crippen LogP contribution in [0.15, 0.2) is 12.2 Å². The van der Waals surface area contributed by atoms with Crippen LogP contribution in [0.1, 0.15) is 297 Å². The molecule has 0 aromatic carbocycles. The van der Waals surface area contributed by atoms with Gasteiger partial charge in [-0.25, -0.2) is 4.57 Å². The SMILES string of the molecule is CCCCCCCCC/C=C\CCCCCC(=O)OCC1OC(OC2C(O)C(O)C(O)C(OC3OC(CO)C(O)C(O)C3O)C2OP(=O)(O)OCC(COC(=O)CCCCCCCCCCCCC)OC(=O)CCCCCCCCCCCCCCCCCCC)C(O)C(O)C1O. The second kappa shape index (κ2) is 54.4. The largest absolute Gasteiger partial charge is 0.472 e. The van der Waals surface area contributed by atoms with Gasteiger partial charge in [0.1, 0.15) is 98.7 Å². The Morgan fingerprint density at radius 1 is 0.392 bits per heavy atom. The topological polar surface area (TPSA) is 374 Å². The first-order valence-electron chi connectivity index (χ1n) is 38.0. The molecule has 18 unspecified atom stereocenters. The van der Waals surface area contributed by atoms with E-state index in [0.29, 0.717) is 19.3 Å². The minimum atomic E-state index is -5.69. The Hall–Kier alpha value is -2.30. The highest BCUT2D eigenvalue weighted by atomic mass is 31.2. The average Bonchev–Trinajstić information content (AvgIpc) is 0.763. The quantitative estimate of drug-likeness (QED) is 0.00886. The monoisotopic (exact) mass is 1410 g/mol. The van der Waals surface area contributed by atoms with E-state index in [0.717, 1.165) is 96.3 Å². The number of allylic oxidation sites excluding steroid dienone is 2. The van der Waals surface area contributed by atoms with E-state index < -0.39 is 156 Å². The van der Waals surface area contributed by atoms with Crippen molar-refractivity contribution in [1.29, 1.82) is 0 Å². The van der Waals surface area contributed by atoms with Gasteiger partial charge in [-0.2, -0.15) is 0 Å². The summed E-state index contributed by atoms with van der Waals surface area (Å²) < 4.78 is 65.0. The number of hydrogen-bond donors (Lipinski definition) is 11. The zero-order valence-corrected chi connectivity index (χ0v) is 60.3. The molecule has 0 bridgehead atoms. The molecule has 3 fully saturated rings. The first kappa shape index (κ1) is 88.9. The van der Waals surface area contributed by atoms with Gasteiger partial charge in [-0.3, -0.25) is 23.4 Å². The van der Waals surface area contributed by atoms with Gasteiger partial charge in [0.2, 0.25) is 0 Å². The van der Waals surface area contributed by atoms with Crippen LogP contribution in [-0.4, -0.2) is 204 Å². The number of ether oxygens (including phenoxy) is 7. The molecule has 2 aliphatic heterocycles. The fraction of sp³-hybridized carbons (Fsp3) is 0.931. The number of phosphoric acid groups is 1. The van der Waals surface area contributed by atoms with Crippen LogP contribution < -0.4 is 0 Å². The molecule has 97 heavy (non-hydrogen) atoms. The number of aliphatic hydroxyl groups excluding tert-OH is 10. The van der Waals surface area contributed by atoms with Crippen LogP contribution in [0.3, 0.4) is 0 Å². The number of carbonyl (C=O) groups excluding carboxylic acids is 3. The highest BCUT2D eigenvalue weighted by Crippen LogP contribution is 2.49. The Morgan fingerprint density at radius 3 is 1.12 bits per heavy atom. The molecule has 0 aromatic heterocycles. The summed E-state index contributed by atoms with van der Waals surface area (Å²) in [6.07, 6.45) is 12.8. The fourth-order valence-electron chi connectivity index (χ4n) is 12.6. The molecular formula is C72H133O24P. The Morgan fingerprint density at radius 2 is 0.722 bits per heavy atom. The van der Waals surface area contributed by atoms with Crippen molar-refractivity contribution in [2.75, 3.05) is 26.4 Å². The minimum absolute atomic E-state index is 0.00963. The number of phosphoric ester groups is 1. The van der Waals surface area contributed by atoms with Crippen molar-refractivity contribution in [1.82, 2.24) is 0 Å². The summed E-state index contributed by atoms with van der Waals surface area (Å²) in [5, 5.41) is 110. The van der Waals surface area contributed by atoms with Crippen molar-refractivity contribution >= 4 is 25.7 Å². The number of rotatable bonds is 59. The van der Waals surface area contributed by atoms with Crippen molar-refractivity contribution in [2.24, 2.45) is 0 Å². The van der Waals surface area contributed by atoms with Gasteiger partial charge in [-0.05, 0) is 44.9 Å². The van der Waals surface area contributed by atoms with Gasteiger partial charge in [0.15, 0.2) is 18.7 Å². The summed E-state index contributed by atoms with van der Waals surface area (Å²) in [4.78, 5) is 50.9. The summed E-state index contributed by atoms with van der Waals surface area (Å²) in [6, 6.07) is 0. The number of carbonyl (C=O) groups is 3. The fourth-order valence-corrected chi connectivity index (χ4v) is 13.5. The second-order valence-corrected chi connectivity index (χ2v) is 28.8. The van der Waals surface area contributed by atoms with Gasteiger partial charge in [-0.15, -0.1) is 0 Å². The molecule has 18 atom stereocenters. The summed E-state index contributed by atoms with van der Waals surface area (Å²) >= 11 is 0. The maximum atomic E-state index is 14.3. The predicted molar refractivity (Wildman–Crippen MR) is 365 cm³/mol. The Bertz CT molecular complexity index is 2060. The molecule has 2 saturated heterocycles. The summed E-state index contributed by atoms with van der Waals surface area (Å²) in [7, 11) is -5.69. The molecule has 2 heterocycles. The average molecular weight is 1410 g/mol. The molecule has 0 aromatic rings. The number of aliphatic hydroxyl groups is 10. The summed E-state index contributed by atoms with van der Waals surface area (Å²) in [5.41, 5.74) is 0. The molecule has 0 radical (unpaired) electrons. The van der Waals surface area contributed by atoms with Crippen molar-refractivity contribution in [2.45, 2.75) is 401 Å². The van der Waals surface area contributed by atoms with E-state index in [1.54, 1.807) is 0 Å². The van der Waals surface area contributed by atoms with Gasteiger partial charge in [0.25, 0.3) is 0 Å². The van der Waals surface area contributed by atoms with Gasteiger partial charge >= 0.3 is 25.7 Å². The lowest BCUT2D eigenvalue weighted by Gasteiger charge is -2.49. The Balaban J connectivity index is 1.73. The number of hydrogen-bond acceptors (Lipinski definition) is 23. The molecule has 24 nitrogen and oxygen atoms in total. The summed E-state index contributed by atoms with van der Waals surface area (Å²) in [5.74, 6) is -1.99. The third kappa shape index (κ3) is 37.6. The third-order valence-electron chi connectivity index (χ3n) is 18.8. The lowest BCUT2D eigenvalue weighted by Crippen LogP contribution is -2.69. The molecule has 0 amide bonds. The molecule has 1 saturated carbocycles. The molecule has 25 heteroatoms. The van der Waals surface area contributed by atoms with Crippen LogP contribution in [0, 0.1) is 0 Å². The first-order valence-corrected chi connectivity index (χ1v) is 39.5. The van der Waals surface area contributed by atoms with Gasteiger partial charge in [0.05, 0.1) is 13.2 Å². The molecular weight excluding hydrogens is 1280 g/mol. The van der Waals surface area contributed by atoms with Crippen LogP contribution >= 0.6 is 7.82 Å².